The van der Waals surface area contributed by atoms with Gasteiger partial charge in [0.2, 0.25) is 0 Å². The molecule has 30 heavy (non-hydrogen) atoms. The maximum absolute atomic E-state index is 14.6. The molecule has 2 aromatic carbocycles. The first-order valence-corrected chi connectivity index (χ1v) is 9.31. The number of benzene rings is 2. The Morgan fingerprint density at radius 2 is 1.93 bits per heavy atom. The van der Waals surface area contributed by atoms with Crippen LogP contribution in [0.15, 0.2) is 33.5 Å². The number of halogens is 2. The number of nitrogens with zero attached hydrogens (tertiary/aromatic N) is 2. The summed E-state index contributed by atoms with van der Waals surface area (Å²) >= 11 is 0. The third-order valence-electron chi connectivity index (χ3n) is 5.46. The van der Waals surface area contributed by atoms with Crippen molar-refractivity contribution in [3.05, 3.63) is 57.7 Å². The van der Waals surface area contributed by atoms with Crippen molar-refractivity contribution in [2.45, 2.75) is 25.8 Å². The fourth-order valence-electron chi connectivity index (χ4n) is 3.90. The number of nitrogen functional groups attached to an aromatic ring is 1. The van der Waals surface area contributed by atoms with Gasteiger partial charge < -0.3 is 20.5 Å². The van der Waals surface area contributed by atoms with Gasteiger partial charge in [0.1, 0.15) is 11.6 Å². The predicted octanol–water partition coefficient (Wildman–Crippen LogP) is 3.41. The third kappa shape index (κ3) is 2.51. The van der Waals surface area contributed by atoms with Gasteiger partial charge in [-0.2, -0.15) is 4.98 Å². The van der Waals surface area contributed by atoms with Gasteiger partial charge >= 0.3 is 5.91 Å². The third-order valence-corrected chi connectivity index (χ3v) is 5.46. The Bertz CT molecular complexity index is 1450. The van der Waals surface area contributed by atoms with Crippen LogP contribution in [0.4, 0.5) is 14.5 Å². The van der Waals surface area contributed by atoms with Crippen LogP contribution in [-0.4, -0.2) is 15.5 Å². The van der Waals surface area contributed by atoms with Crippen LogP contribution in [0.25, 0.3) is 33.1 Å². The molecule has 0 radical (unpaired) electrons. The molecule has 152 valence electrons. The summed E-state index contributed by atoms with van der Waals surface area (Å²) in [5.74, 6) is -2.65. The molecule has 5 rings (SSSR count). The number of amides is 1. The number of carbonyl (C=O) groups is 1. The second kappa shape index (κ2) is 6.12. The number of fused-ring (bicyclic) bond motifs is 3. The maximum Gasteiger partial charge on any atom is 0.304 e. The zero-order chi connectivity index (χ0) is 21.3. The van der Waals surface area contributed by atoms with Crippen molar-refractivity contribution in [1.29, 1.82) is 0 Å². The van der Waals surface area contributed by atoms with E-state index in [1.165, 1.54) is 0 Å². The lowest BCUT2D eigenvalue weighted by Crippen LogP contribution is -2.21. The van der Waals surface area contributed by atoms with E-state index >= 15 is 0 Å². The van der Waals surface area contributed by atoms with E-state index in [0.29, 0.717) is 22.0 Å². The van der Waals surface area contributed by atoms with E-state index in [9.17, 15) is 18.4 Å². The van der Waals surface area contributed by atoms with Crippen molar-refractivity contribution < 1.29 is 18.0 Å². The molecule has 0 aliphatic heterocycles. The van der Waals surface area contributed by atoms with Crippen molar-refractivity contribution in [1.82, 2.24) is 9.55 Å². The number of hydrogen-bond acceptors (Lipinski definition) is 5. The average Bonchev–Trinajstić information content (AvgIpc) is 3.42. The van der Waals surface area contributed by atoms with Gasteiger partial charge in [0, 0.05) is 23.1 Å². The lowest BCUT2D eigenvalue weighted by atomic mass is 9.96. The van der Waals surface area contributed by atoms with Gasteiger partial charge in [0.15, 0.2) is 11.1 Å². The number of nitrogens with two attached hydrogens (primary N) is 2. The first kappa shape index (κ1) is 18.3. The maximum atomic E-state index is 14.6. The second-order valence-electron chi connectivity index (χ2n) is 7.46. The number of rotatable bonds is 3. The molecule has 0 spiro atoms. The summed E-state index contributed by atoms with van der Waals surface area (Å²) in [5.41, 5.74) is 11.7. The fourth-order valence-corrected chi connectivity index (χ4v) is 3.90. The highest BCUT2D eigenvalue weighted by molar-refractivity contribution is 6.05. The number of aryl methyl sites for hydroxylation is 1. The lowest BCUT2D eigenvalue weighted by Gasteiger charge is -2.16. The van der Waals surface area contributed by atoms with Crippen molar-refractivity contribution in [3.63, 3.8) is 0 Å². The monoisotopic (exact) mass is 410 g/mol. The number of hydrogen-bond donors (Lipinski definition) is 2. The summed E-state index contributed by atoms with van der Waals surface area (Å²) in [5, 5.41) is 0.536. The van der Waals surface area contributed by atoms with Crippen molar-refractivity contribution in [3.8, 4) is 11.1 Å². The Balaban J connectivity index is 1.91. The van der Waals surface area contributed by atoms with E-state index < -0.39 is 23.1 Å². The number of pyridine rings is 1. The topological polar surface area (TPSA) is 117 Å². The Hall–Kier alpha value is -3.75. The average molecular weight is 410 g/mol. The van der Waals surface area contributed by atoms with E-state index in [1.54, 1.807) is 23.6 Å². The van der Waals surface area contributed by atoms with Gasteiger partial charge in [0.05, 0.1) is 11.2 Å². The van der Waals surface area contributed by atoms with E-state index in [1.807, 2.05) is 0 Å². The van der Waals surface area contributed by atoms with Gasteiger partial charge in [-0.05, 0) is 43.0 Å². The van der Waals surface area contributed by atoms with Crippen molar-refractivity contribution in [2.75, 3.05) is 5.73 Å². The molecule has 0 bridgehead atoms. The van der Waals surface area contributed by atoms with E-state index in [2.05, 4.69) is 4.98 Å². The zero-order valence-electron chi connectivity index (χ0n) is 15.8. The highest BCUT2D eigenvalue weighted by Crippen LogP contribution is 2.41. The standard InChI is InChI=1S/C21H16F2N4O3/c1-8-10(12-6-14(23)15(24)7-13(12)22)4-5-11-17(8)27(9-2-3-9)21(29)16-18(11)30-20(26-16)19(25)28/h4-7,9H,2-3,24H2,1H3,(H2,25,28). The molecule has 7 nitrogen and oxygen atoms in total. The lowest BCUT2D eigenvalue weighted by molar-refractivity contribution is 0.0969. The van der Waals surface area contributed by atoms with Crippen molar-refractivity contribution >= 4 is 33.6 Å². The first-order chi connectivity index (χ1) is 14.3. The van der Waals surface area contributed by atoms with E-state index in [0.717, 1.165) is 25.0 Å². The molecule has 1 aliphatic carbocycles. The molecule has 1 saturated carbocycles. The van der Waals surface area contributed by atoms with Crippen LogP contribution in [0.3, 0.4) is 0 Å². The highest BCUT2D eigenvalue weighted by atomic mass is 19.1. The number of oxazole rings is 1. The van der Waals surface area contributed by atoms with Crippen LogP contribution < -0.4 is 17.0 Å². The molecule has 1 aliphatic rings. The van der Waals surface area contributed by atoms with Gasteiger partial charge in [0.25, 0.3) is 11.4 Å². The minimum Gasteiger partial charge on any atom is -0.431 e. The number of aromatic nitrogens is 2. The van der Waals surface area contributed by atoms with Crippen LogP contribution in [-0.2, 0) is 0 Å². The molecule has 1 fully saturated rings. The van der Waals surface area contributed by atoms with Crippen LogP contribution in [0.1, 0.15) is 35.1 Å². The molecule has 0 atom stereocenters. The number of carbonyl (C=O) groups excluding carboxylic acids is 1. The van der Waals surface area contributed by atoms with E-state index in [-0.39, 0.29) is 34.3 Å². The SMILES string of the molecule is Cc1c(-c2cc(F)c(N)cc2F)ccc2c3oc(C(N)=O)nc3c(=O)n(C3CC3)c12. The second-order valence-corrected chi connectivity index (χ2v) is 7.46. The van der Waals surface area contributed by atoms with Gasteiger partial charge in [-0.25, -0.2) is 8.78 Å². The summed E-state index contributed by atoms with van der Waals surface area (Å²) in [6, 6.07) is 5.18. The minimum atomic E-state index is -0.885. The molecule has 0 unspecified atom stereocenters. The Morgan fingerprint density at radius 1 is 1.20 bits per heavy atom. The van der Waals surface area contributed by atoms with Gasteiger partial charge in [-0.3, -0.25) is 9.59 Å². The molecule has 2 aromatic heterocycles. The minimum absolute atomic E-state index is 0.0139. The molecule has 4 N–H and O–H groups in total. The molecule has 2 heterocycles. The summed E-state index contributed by atoms with van der Waals surface area (Å²) in [4.78, 5) is 28.7. The largest absolute Gasteiger partial charge is 0.431 e. The van der Waals surface area contributed by atoms with Crippen LogP contribution in [0, 0.1) is 18.6 Å². The van der Waals surface area contributed by atoms with Crippen LogP contribution in [0.2, 0.25) is 0 Å². The smallest absolute Gasteiger partial charge is 0.304 e. The summed E-state index contributed by atoms with van der Waals surface area (Å²) in [7, 11) is 0. The Kier molecular flexibility index (Phi) is 3.73. The van der Waals surface area contributed by atoms with Crippen molar-refractivity contribution in [2.24, 2.45) is 5.73 Å². The Labute approximate surface area is 167 Å². The van der Waals surface area contributed by atoms with Gasteiger partial charge in [-0.1, -0.05) is 6.07 Å². The zero-order valence-corrected chi connectivity index (χ0v) is 15.8. The number of primary amides is 1. The fraction of sp³-hybridized carbons (Fsp3) is 0.190. The van der Waals surface area contributed by atoms with Gasteiger partial charge in [-0.15, -0.1) is 0 Å². The van der Waals surface area contributed by atoms with Crippen LogP contribution >= 0.6 is 0 Å². The highest BCUT2D eigenvalue weighted by Gasteiger charge is 2.31. The molecular formula is C21H16F2N4O3. The predicted molar refractivity (Wildman–Crippen MR) is 107 cm³/mol. The summed E-state index contributed by atoms with van der Waals surface area (Å²) in [6.07, 6.45) is 1.60. The molecule has 0 saturated heterocycles. The van der Waals surface area contributed by atoms with Crippen LogP contribution in [0.5, 0.6) is 0 Å². The van der Waals surface area contributed by atoms with E-state index in [4.69, 9.17) is 15.9 Å². The summed E-state index contributed by atoms with van der Waals surface area (Å²) < 4.78 is 35.7. The normalized spacial score (nSPS) is 14.0. The molecule has 1 amide bonds. The summed E-state index contributed by atoms with van der Waals surface area (Å²) in [6.45, 7) is 1.72. The first-order valence-electron chi connectivity index (χ1n) is 9.31. The quantitative estimate of drug-likeness (QED) is 0.502. The molecule has 9 heteroatoms. The Morgan fingerprint density at radius 3 is 2.60 bits per heavy atom. The molecule has 4 aromatic rings. The number of anilines is 1. The molecular weight excluding hydrogens is 394 g/mol.